The van der Waals surface area contributed by atoms with Crippen molar-refractivity contribution >= 4 is 61.7 Å². The molecule has 28 heavy (non-hydrogen) atoms. The number of pyridine rings is 1. The molecule has 10 heteroatoms. The molecule has 1 aromatic carbocycles. The summed E-state index contributed by atoms with van der Waals surface area (Å²) in [5.74, 6) is 1.11. The lowest BCUT2D eigenvalue weighted by atomic mass is 10.2. The number of benzene rings is 1. The first-order valence-electron chi connectivity index (χ1n) is 8.18. The number of hydrogen-bond acceptors (Lipinski definition) is 6. The Bertz CT molecular complexity index is 1150. The van der Waals surface area contributed by atoms with Gasteiger partial charge < -0.3 is 10.4 Å². The average Bonchev–Trinajstić information content (AvgIpc) is 3.12. The van der Waals surface area contributed by atoms with E-state index >= 15 is 0 Å². The fourth-order valence-electron chi connectivity index (χ4n) is 2.72. The maximum absolute atomic E-state index is 9.25. The van der Waals surface area contributed by atoms with Crippen molar-refractivity contribution in [3.63, 3.8) is 0 Å². The first-order valence-corrected chi connectivity index (χ1v) is 9.73. The SMILES string of the molecule is OCc1cc(Nc2ncc(Br)c3nn(Cc4c(Cl)cccc4Cl)cc23)ncn1. The molecule has 0 amide bonds. The van der Waals surface area contributed by atoms with Crippen LogP contribution in [0.2, 0.25) is 10.0 Å². The highest BCUT2D eigenvalue weighted by Crippen LogP contribution is 2.30. The average molecular weight is 480 g/mol. The number of hydrogen-bond donors (Lipinski definition) is 2. The zero-order valence-corrected chi connectivity index (χ0v) is 17.4. The largest absolute Gasteiger partial charge is 0.390 e. The predicted octanol–water partition coefficient (Wildman–Crippen LogP) is 4.57. The lowest BCUT2D eigenvalue weighted by molar-refractivity contribution is 0.276. The summed E-state index contributed by atoms with van der Waals surface area (Å²) in [7, 11) is 0. The minimum atomic E-state index is -0.170. The van der Waals surface area contributed by atoms with E-state index in [9.17, 15) is 5.11 Å². The minimum absolute atomic E-state index is 0.170. The first kappa shape index (κ1) is 19.1. The Hall–Kier alpha value is -2.26. The van der Waals surface area contributed by atoms with Crippen molar-refractivity contribution in [1.82, 2.24) is 24.7 Å². The van der Waals surface area contributed by atoms with Crippen molar-refractivity contribution in [3.05, 3.63) is 68.8 Å². The molecule has 0 atom stereocenters. The van der Waals surface area contributed by atoms with Crippen LogP contribution < -0.4 is 5.32 Å². The van der Waals surface area contributed by atoms with Gasteiger partial charge in [-0.15, -0.1) is 0 Å². The van der Waals surface area contributed by atoms with E-state index in [1.807, 2.05) is 6.20 Å². The number of anilines is 2. The molecule has 0 fully saturated rings. The molecule has 3 aromatic heterocycles. The summed E-state index contributed by atoms with van der Waals surface area (Å²) in [4.78, 5) is 12.6. The standard InChI is InChI=1S/C18H13BrCl2N6O/c19-13-5-22-18(25-16-4-10(8-28)23-9-24-16)12-7-27(26-17(12)13)6-11-14(20)2-1-3-15(11)21/h1-5,7,9,28H,6,8H2,(H,22,23,24,25). The normalized spacial score (nSPS) is 11.1. The van der Waals surface area contributed by atoms with Gasteiger partial charge in [0.15, 0.2) is 0 Å². The quantitative estimate of drug-likeness (QED) is 0.435. The van der Waals surface area contributed by atoms with Crippen molar-refractivity contribution in [1.29, 1.82) is 0 Å². The van der Waals surface area contributed by atoms with Gasteiger partial charge in [0.1, 0.15) is 23.5 Å². The maximum Gasteiger partial charge on any atom is 0.142 e. The lowest BCUT2D eigenvalue weighted by Crippen LogP contribution is -2.01. The van der Waals surface area contributed by atoms with Crippen LogP contribution in [0.3, 0.4) is 0 Å². The zero-order valence-electron chi connectivity index (χ0n) is 14.3. The van der Waals surface area contributed by atoms with E-state index in [-0.39, 0.29) is 6.61 Å². The smallest absolute Gasteiger partial charge is 0.142 e. The van der Waals surface area contributed by atoms with Crippen molar-refractivity contribution in [2.24, 2.45) is 0 Å². The van der Waals surface area contributed by atoms with Crippen LogP contribution in [0.1, 0.15) is 11.3 Å². The summed E-state index contributed by atoms with van der Waals surface area (Å²) in [6.07, 6.45) is 4.91. The molecule has 0 radical (unpaired) electrons. The predicted molar refractivity (Wildman–Crippen MR) is 112 cm³/mol. The van der Waals surface area contributed by atoms with Crippen molar-refractivity contribution in [3.8, 4) is 0 Å². The molecular formula is C18H13BrCl2N6O. The van der Waals surface area contributed by atoms with Gasteiger partial charge in [-0.05, 0) is 28.1 Å². The monoisotopic (exact) mass is 478 g/mol. The maximum atomic E-state index is 9.25. The fraction of sp³-hybridized carbons (Fsp3) is 0.111. The van der Waals surface area contributed by atoms with Gasteiger partial charge in [-0.25, -0.2) is 15.0 Å². The Balaban J connectivity index is 1.72. The Labute approximate surface area is 178 Å². The van der Waals surface area contributed by atoms with E-state index in [2.05, 4.69) is 41.3 Å². The van der Waals surface area contributed by atoms with Gasteiger partial charge in [-0.1, -0.05) is 29.3 Å². The summed E-state index contributed by atoms with van der Waals surface area (Å²) < 4.78 is 2.52. The molecule has 4 aromatic rings. The third-order valence-corrected chi connectivity index (χ3v) is 5.35. The Morgan fingerprint density at radius 2 is 1.93 bits per heavy atom. The molecule has 142 valence electrons. The van der Waals surface area contributed by atoms with Crippen molar-refractivity contribution < 1.29 is 5.11 Å². The molecule has 3 heterocycles. The molecule has 0 aliphatic carbocycles. The van der Waals surface area contributed by atoms with Gasteiger partial charge in [0.25, 0.3) is 0 Å². The minimum Gasteiger partial charge on any atom is -0.390 e. The second kappa shape index (κ2) is 8.00. The Morgan fingerprint density at radius 3 is 2.68 bits per heavy atom. The van der Waals surface area contributed by atoms with Gasteiger partial charge >= 0.3 is 0 Å². The molecule has 2 N–H and O–H groups in total. The van der Waals surface area contributed by atoms with E-state index in [0.29, 0.717) is 33.9 Å². The fourth-order valence-corrected chi connectivity index (χ4v) is 3.63. The molecule has 7 nitrogen and oxygen atoms in total. The zero-order chi connectivity index (χ0) is 19.7. The molecule has 0 saturated heterocycles. The molecular weight excluding hydrogens is 467 g/mol. The summed E-state index contributed by atoms with van der Waals surface area (Å²) in [5.41, 5.74) is 2.03. The number of aliphatic hydroxyl groups is 1. The van der Waals surface area contributed by atoms with E-state index in [4.69, 9.17) is 23.2 Å². The van der Waals surface area contributed by atoms with Gasteiger partial charge in [-0.3, -0.25) is 4.68 Å². The highest BCUT2D eigenvalue weighted by Gasteiger charge is 2.14. The van der Waals surface area contributed by atoms with Crippen LogP contribution in [-0.2, 0) is 13.2 Å². The van der Waals surface area contributed by atoms with Crippen molar-refractivity contribution in [2.75, 3.05) is 5.32 Å². The lowest BCUT2D eigenvalue weighted by Gasteiger charge is -2.07. The van der Waals surface area contributed by atoms with Gasteiger partial charge in [-0.2, -0.15) is 5.10 Å². The highest BCUT2D eigenvalue weighted by atomic mass is 79.9. The molecule has 0 saturated carbocycles. The number of fused-ring (bicyclic) bond motifs is 1. The Morgan fingerprint density at radius 1 is 1.14 bits per heavy atom. The summed E-state index contributed by atoms with van der Waals surface area (Å²) in [6.45, 7) is 0.248. The summed E-state index contributed by atoms with van der Waals surface area (Å²) in [5, 5.41) is 19.0. The molecule has 0 unspecified atom stereocenters. The number of aromatic nitrogens is 5. The van der Waals surface area contributed by atoms with E-state index < -0.39 is 0 Å². The molecule has 0 aliphatic rings. The third kappa shape index (κ3) is 3.81. The number of nitrogens with zero attached hydrogens (tertiary/aromatic N) is 5. The summed E-state index contributed by atoms with van der Waals surface area (Å²) >= 11 is 16.1. The van der Waals surface area contributed by atoms with E-state index in [0.717, 1.165) is 20.9 Å². The van der Waals surface area contributed by atoms with Crippen LogP contribution in [0, 0.1) is 0 Å². The number of aliphatic hydroxyl groups excluding tert-OH is 1. The molecule has 4 rings (SSSR count). The number of rotatable bonds is 5. The first-order chi connectivity index (χ1) is 13.5. The molecule has 0 spiro atoms. The third-order valence-electron chi connectivity index (χ3n) is 4.06. The second-order valence-electron chi connectivity index (χ2n) is 5.92. The highest BCUT2D eigenvalue weighted by molar-refractivity contribution is 9.10. The van der Waals surface area contributed by atoms with Gasteiger partial charge in [0.05, 0.1) is 28.7 Å². The topological polar surface area (TPSA) is 88.8 Å². The van der Waals surface area contributed by atoms with Crippen LogP contribution >= 0.6 is 39.1 Å². The Kier molecular flexibility index (Phi) is 5.45. The van der Waals surface area contributed by atoms with Crippen LogP contribution in [0.4, 0.5) is 11.6 Å². The number of nitrogens with one attached hydrogen (secondary N) is 1. The number of halogens is 3. The molecule has 0 aliphatic heterocycles. The van der Waals surface area contributed by atoms with E-state index in [1.54, 1.807) is 35.1 Å². The summed E-state index contributed by atoms with van der Waals surface area (Å²) in [6, 6.07) is 7.05. The van der Waals surface area contributed by atoms with Crippen LogP contribution in [0.5, 0.6) is 0 Å². The van der Waals surface area contributed by atoms with Crippen LogP contribution in [-0.4, -0.2) is 29.8 Å². The van der Waals surface area contributed by atoms with Crippen LogP contribution in [0.15, 0.2) is 47.5 Å². The van der Waals surface area contributed by atoms with Gasteiger partial charge in [0.2, 0.25) is 0 Å². The van der Waals surface area contributed by atoms with E-state index in [1.165, 1.54) is 6.33 Å². The van der Waals surface area contributed by atoms with Crippen molar-refractivity contribution in [2.45, 2.75) is 13.2 Å². The van der Waals surface area contributed by atoms with Crippen LogP contribution in [0.25, 0.3) is 10.9 Å². The second-order valence-corrected chi connectivity index (χ2v) is 7.59. The molecule has 0 bridgehead atoms. The van der Waals surface area contributed by atoms with Gasteiger partial charge in [0, 0.05) is 34.1 Å².